The van der Waals surface area contributed by atoms with Gasteiger partial charge in [0.15, 0.2) is 0 Å². The second-order valence-electron chi connectivity index (χ2n) is 4.98. The minimum atomic E-state index is -0.498. The zero-order valence-electron chi connectivity index (χ0n) is 11.4. The minimum Gasteiger partial charge on any atom is -0.398 e. The van der Waals surface area contributed by atoms with Crippen LogP contribution in [0, 0.1) is 16.0 Å². The lowest BCUT2D eigenvalue weighted by Crippen LogP contribution is -2.05. The quantitative estimate of drug-likeness (QED) is 0.510. The molecule has 1 aliphatic rings. The molecule has 8 heteroatoms. The maximum absolute atomic E-state index is 10.8. The van der Waals surface area contributed by atoms with Gasteiger partial charge in [-0.15, -0.1) is 0 Å². The number of anilines is 1. The Kier molecular flexibility index (Phi) is 3.30. The summed E-state index contributed by atoms with van der Waals surface area (Å²) in [4.78, 5) is 14.6. The maximum atomic E-state index is 10.8. The van der Waals surface area contributed by atoms with Crippen LogP contribution in [0.5, 0.6) is 0 Å². The summed E-state index contributed by atoms with van der Waals surface area (Å²) in [5.74, 6) is 1.01. The van der Waals surface area contributed by atoms with E-state index in [1.54, 1.807) is 7.11 Å². The zero-order valence-corrected chi connectivity index (χ0v) is 11.4. The Bertz CT molecular complexity index is 681. The second kappa shape index (κ2) is 5.13. The Hall–Kier alpha value is -2.48. The van der Waals surface area contributed by atoms with Crippen LogP contribution in [0.15, 0.2) is 22.7 Å². The van der Waals surface area contributed by atoms with Gasteiger partial charge in [0.25, 0.3) is 11.6 Å². The third kappa shape index (κ3) is 2.57. The number of nitrogens with zero attached hydrogens (tertiary/aromatic N) is 3. The van der Waals surface area contributed by atoms with E-state index < -0.39 is 4.92 Å². The van der Waals surface area contributed by atoms with Crippen molar-refractivity contribution in [1.82, 2.24) is 10.1 Å². The number of ether oxygens (including phenoxy) is 1. The number of nitro groups is 1. The number of nitrogen functional groups attached to an aromatic ring is 1. The number of benzene rings is 1. The van der Waals surface area contributed by atoms with Gasteiger partial charge in [-0.2, -0.15) is 4.98 Å². The number of hydrogen-bond acceptors (Lipinski definition) is 7. The molecular weight excluding hydrogens is 276 g/mol. The summed E-state index contributed by atoms with van der Waals surface area (Å²) in [6.07, 6.45) is 1.94. The van der Waals surface area contributed by atoms with E-state index in [0.29, 0.717) is 23.0 Å². The predicted molar refractivity (Wildman–Crippen MR) is 73.3 cm³/mol. The molecule has 0 radical (unpaired) electrons. The highest BCUT2D eigenvalue weighted by atomic mass is 16.6. The van der Waals surface area contributed by atoms with Crippen molar-refractivity contribution < 1.29 is 14.2 Å². The van der Waals surface area contributed by atoms with Crippen LogP contribution >= 0.6 is 0 Å². The number of rotatable bonds is 5. The van der Waals surface area contributed by atoms with Crippen LogP contribution in [-0.2, 0) is 4.74 Å². The fourth-order valence-electron chi connectivity index (χ4n) is 2.21. The summed E-state index contributed by atoms with van der Waals surface area (Å²) in [7, 11) is 1.60. The molecule has 2 N–H and O–H groups in total. The average Bonchev–Trinajstić information content (AvgIpc) is 3.17. The standard InChI is InChI=1S/C13H14N4O4/c1-20-11(7-2-3-7)12-15-13(21-16-12)9-6-8(17(18)19)4-5-10(9)14/h4-7,11H,2-3,14H2,1H3. The molecule has 0 saturated heterocycles. The number of methoxy groups -OCH3 is 1. The Morgan fingerprint density at radius 1 is 1.52 bits per heavy atom. The van der Waals surface area contributed by atoms with Gasteiger partial charge in [-0.1, -0.05) is 5.16 Å². The predicted octanol–water partition coefficient (Wildman–Crippen LogP) is 2.32. The molecule has 1 aliphatic carbocycles. The van der Waals surface area contributed by atoms with Crippen molar-refractivity contribution in [2.24, 2.45) is 5.92 Å². The van der Waals surface area contributed by atoms with Crippen LogP contribution in [0.4, 0.5) is 11.4 Å². The molecule has 1 aromatic carbocycles. The second-order valence-corrected chi connectivity index (χ2v) is 4.98. The normalized spacial score (nSPS) is 15.9. The molecule has 0 aliphatic heterocycles. The molecule has 2 aromatic rings. The van der Waals surface area contributed by atoms with E-state index in [2.05, 4.69) is 10.1 Å². The number of aromatic nitrogens is 2. The van der Waals surface area contributed by atoms with Gasteiger partial charge in [-0.25, -0.2) is 0 Å². The van der Waals surface area contributed by atoms with Gasteiger partial charge < -0.3 is 15.0 Å². The molecule has 1 aromatic heterocycles. The number of hydrogen-bond donors (Lipinski definition) is 1. The van der Waals surface area contributed by atoms with E-state index in [1.807, 2.05) is 0 Å². The van der Waals surface area contributed by atoms with Crippen LogP contribution in [0.25, 0.3) is 11.5 Å². The maximum Gasteiger partial charge on any atom is 0.270 e. The molecule has 21 heavy (non-hydrogen) atoms. The van der Waals surface area contributed by atoms with Crippen LogP contribution in [0.2, 0.25) is 0 Å². The smallest absolute Gasteiger partial charge is 0.270 e. The van der Waals surface area contributed by atoms with Crippen molar-refractivity contribution in [1.29, 1.82) is 0 Å². The lowest BCUT2D eigenvalue weighted by Gasteiger charge is -2.08. The fraction of sp³-hybridized carbons (Fsp3) is 0.385. The summed E-state index contributed by atoms with van der Waals surface area (Å²) in [5, 5.41) is 14.7. The van der Waals surface area contributed by atoms with E-state index >= 15 is 0 Å². The lowest BCUT2D eigenvalue weighted by atomic mass is 10.1. The van der Waals surface area contributed by atoms with Crippen molar-refractivity contribution in [3.05, 3.63) is 34.1 Å². The molecule has 0 bridgehead atoms. The van der Waals surface area contributed by atoms with Gasteiger partial charge in [-0.3, -0.25) is 10.1 Å². The van der Waals surface area contributed by atoms with Crippen LogP contribution in [0.3, 0.4) is 0 Å². The number of non-ortho nitro benzene ring substituents is 1. The topological polar surface area (TPSA) is 117 Å². The summed E-state index contributed by atoms with van der Waals surface area (Å²) in [6.45, 7) is 0. The molecule has 110 valence electrons. The molecule has 1 atom stereocenters. The van der Waals surface area contributed by atoms with Gasteiger partial charge in [-0.05, 0) is 24.8 Å². The molecule has 1 heterocycles. The third-order valence-corrected chi connectivity index (χ3v) is 3.48. The van der Waals surface area contributed by atoms with Crippen molar-refractivity contribution in [3.63, 3.8) is 0 Å². The molecule has 8 nitrogen and oxygen atoms in total. The van der Waals surface area contributed by atoms with Crippen molar-refractivity contribution >= 4 is 11.4 Å². The SMILES string of the molecule is COC(c1noc(-c2cc([N+](=O)[O-])ccc2N)n1)C1CC1. The van der Waals surface area contributed by atoms with Crippen molar-refractivity contribution in [3.8, 4) is 11.5 Å². The molecule has 1 unspecified atom stereocenters. The Morgan fingerprint density at radius 2 is 2.29 bits per heavy atom. The summed E-state index contributed by atoms with van der Waals surface area (Å²) >= 11 is 0. The Balaban J connectivity index is 1.95. The first-order valence-electron chi connectivity index (χ1n) is 6.51. The molecule has 1 saturated carbocycles. The minimum absolute atomic E-state index is 0.0792. The summed E-state index contributed by atoms with van der Waals surface area (Å²) in [5.41, 5.74) is 6.45. The van der Waals surface area contributed by atoms with Crippen molar-refractivity contribution in [2.45, 2.75) is 18.9 Å². The van der Waals surface area contributed by atoms with Crippen LogP contribution in [-0.4, -0.2) is 22.2 Å². The van der Waals surface area contributed by atoms with Gasteiger partial charge in [0.05, 0.1) is 10.5 Å². The van der Waals surface area contributed by atoms with E-state index in [-0.39, 0.29) is 17.7 Å². The summed E-state index contributed by atoms with van der Waals surface area (Å²) in [6, 6.07) is 4.11. The van der Waals surface area contributed by atoms with Crippen LogP contribution in [0.1, 0.15) is 24.8 Å². The van der Waals surface area contributed by atoms with Crippen molar-refractivity contribution in [2.75, 3.05) is 12.8 Å². The van der Waals surface area contributed by atoms with E-state index in [4.69, 9.17) is 15.0 Å². The van der Waals surface area contributed by atoms with E-state index in [9.17, 15) is 10.1 Å². The van der Waals surface area contributed by atoms with E-state index in [0.717, 1.165) is 12.8 Å². The first-order chi connectivity index (χ1) is 10.1. The molecular formula is C13H14N4O4. The van der Waals surface area contributed by atoms with Gasteiger partial charge in [0.2, 0.25) is 5.82 Å². The first-order valence-corrected chi connectivity index (χ1v) is 6.51. The van der Waals surface area contributed by atoms with Crippen LogP contribution < -0.4 is 5.73 Å². The number of nitro benzene ring substituents is 1. The highest BCUT2D eigenvalue weighted by molar-refractivity contribution is 5.73. The zero-order chi connectivity index (χ0) is 15.0. The summed E-state index contributed by atoms with van der Waals surface area (Å²) < 4.78 is 10.6. The molecule has 0 spiro atoms. The highest BCUT2D eigenvalue weighted by Gasteiger charge is 2.35. The number of nitrogens with two attached hydrogens (primary N) is 1. The Labute approximate surface area is 120 Å². The van der Waals surface area contributed by atoms with E-state index in [1.165, 1.54) is 18.2 Å². The first kappa shape index (κ1) is 13.5. The van der Waals surface area contributed by atoms with Gasteiger partial charge in [0.1, 0.15) is 6.10 Å². The Morgan fingerprint density at radius 3 is 2.90 bits per heavy atom. The lowest BCUT2D eigenvalue weighted by molar-refractivity contribution is -0.384. The fourth-order valence-corrected chi connectivity index (χ4v) is 2.21. The molecule has 0 amide bonds. The average molecular weight is 290 g/mol. The molecule has 3 rings (SSSR count). The third-order valence-electron chi connectivity index (χ3n) is 3.48. The largest absolute Gasteiger partial charge is 0.398 e. The monoisotopic (exact) mass is 290 g/mol. The highest BCUT2D eigenvalue weighted by Crippen LogP contribution is 2.42. The van der Waals surface area contributed by atoms with Gasteiger partial charge >= 0.3 is 0 Å². The molecule has 1 fully saturated rings. The van der Waals surface area contributed by atoms with Gasteiger partial charge in [0, 0.05) is 24.9 Å².